The Morgan fingerprint density at radius 3 is 2.88 bits per heavy atom. The molecule has 2 aromatic carbocycles. The van der Waals surface area contributed by atoms with Crippen LogP contribution in [0.5, 0.6) is 5.75 Å². The summed E-state index contributed by atoms with van der Waals surface area (Å²) in [5, 5.41) is 10.2. The van der Waals surface area contributed by atoms with Crippen molar-refractivity contribution in [1.29, 1.82) is 0 Å². The molecule has 7 nitrogen and oxygen atoms in total. The fourth-order valence-corrected chi connectivity index (χ4v) is 7.74. The van der Waals surface area contributed by atoms with E-state index in [0.29, 0.717) is 30.6 Å². The number of hydrogen-bond acceptors (Lipinski definition) is 7. The van der Waals surface area contributed by atoms with E-state index in [9.17, 15) is 9.90 Å². The van der Waals surface area contributed by atoms with E-state index in [-0.39, 0.29) is 36.3 Å². The van der Waals surface area contributed by atoms with Gasteiger partial charge in [0.1, 0.15) is 5.75 Å². The summed E-state index contributed by atoms with van der Waals surface area (Å²) in [6.45, 7) is 4.93. The van der Waals surface area contributed by atoms with Crippen molar-refractivity contribution in [3.8, 4) is 5.75 Å². The molecule has 1 spiro atoms. The van der Waals surface area contributed by atoms with Crippen LogP contribution in [0, 0.1) is 11.8 Å². The maximum absolute atomic E-state index is 12.5. The minimum absolute atomic E-state index is 0.0369. The highest BCUT2D eigenvalue weighted by molar-refractivity contribution is 6.30. The van der Waals surface area contributed by atoms with Crippen LogP contribution < -0.4 is 9.64 Å². The van der Waals surface area contributed by atoms with Gasteiger partial charge in [-0.25, -0.2) is 4.79 Å². The molecule has 1 N–H and O–H groups in total. The van der Waals surface area contributed by atoms with Gasteiger partial charge in [-0.15, -0.1) is 0 Å². The predicted molar refractivity (Wildman–Crippen MR) is 158 cm³/mol. The molecule has 8 heteroatoms. The topological polar surface area (TPSA) is 77.5 Å². The number of methoxy groups -OCH3 is 1. The van der Waals surface area contributed by atoms with Crippen molar-refractivity contribution in [3.05, 3.63) is 58.1 Å². The molecule has 0 unspecified atom stereocenters. The highest BCUT2D eigenvalue weighted by Gasteiger charge is 2.45. The van der Waals surface area contributed by atoms with Crippen LogP contribution in [0.2, 0.25) is 5.02 Å². The molecular weight excluding hydrogens is 542 g/mol. The van der Waals surface area contributed by atoms with Crippen molar-refractivity contribution < 1.29 is 28.8 Å². The first kappa shape index (κ1) is 28.8. The molecule has 222 valence electrons. The smallest absolute Gasteiger partial charge is 0.337 e. The van der Waals surface area contributed by atoms with Gasteiger partial charge in [-0.1, -0.05) is 17.7 Å². The van der Waals surface area contributed by atoms with E-state index >= 15 is 0 Å². The number of rotatable bonds is 7. The summed E-state index contributed by atoms with van der Waals surface area (Å²) in [5.41, 5.74) is 3.97. The second kappa shape index (κ2) is 12.1. The van der Waals surface area contributed by atoms with Crippen molar-refractivity contribution in [2.24, 2.45) is 11.8 Å². The first-order valence-corrected chi connectivity index (χ1v) is 15.5. The summed E-state index contributed by atoms with van der Waals surface area (Å²) in [6, 6.07) is 12.0. The van der Waals surface area contributed by atoms with E-state index in [1.165, 1.54) is 18.2 Å². The molecule has 6 atom stereocenters. The van der Waals surface area contributed by atoms with Crippen molar-refractivity contribution in [1.82, 2.24) is 0 Å². The third-order valence-corrected chi connectivity index (χ3v) is 10.1. The summed E-state index contributed by atoms with van der Waals surface area (Å²) in [6.07, 6.45) is 7.32. The monoisotopic (exact) mass is 583 g/mol. The molecular formula is C33H42ClNO6. The van der Waals surface area contributed by atoms with E-state index < -0.39 is 0 Å². The van der Waals surface area contributed by atoms with Gasteiger partial charge in [0.25, 0.3) is 0 Å². The lowest BCUT2D eigenvalue weighted by Gasteiger charge is -2.48. The lowest BCUT2D eigenvalue weighted by molar-refractivity contribution is -0.134. The largest absolute Gasteiger partial charge is 0.490 e. The Labute approximate surface area is 248 Å². The Bertz CT molecular complexity index is 1250. The van der Waals surface area contributed by atoms with E-state index in [1.54, 1.807) is 6.07 Å². The number of benzene rings is 2. The number of nitrogens with zero attached hydrogens (tertiary/aromatic N) is 1. The Morgan fingerprint density at radius 2 is 2.10 bits per heavy atom. The zero-order valence-corrected chi connectivity index (χ0v) is 24.9. The van der Waals surface area contributed by atoms with Crippen LogP contribution in [-0.2, 0) is 26.0 Å². The standard InChI is InChI=1S/C33H42ClNO6/c1-21(18-36)41-26-11-13-39-31(16-26)27-8-5-24(27)17-35-19-33(12-3-4-22-14-25(34)7-9-28(22)33)20-40-30-10-6-23(15-29(30)35)32(37)38-2/h6-7,9-10,14-15,21,24,26-27,31,36H,3-5,8,11-13,16-20H2,1-2H3/t21-,24+,26-,27-,31-,33+/m1/s1. The van der Waals surface area contributed by atoms with Crippen LogP contribution in [0.1, 0.15) is 66.9 Å². The molecule has 0 aromatic heterocycles. The average Bonchev–Trinajstić information content (AvgIpc) is 3.11. The van der Waals surface area contributed by atoms with Gasteiger partial charge in [-0.05, 0) is 98.7 Å². The molecule has 4 aliphatic rings. The fraction of sp³-hybridized carbons (Fsp3) is 0.606. The Kier molecular flexibility index (Phi) is 8.51. The van der Waals surface area contributed by atoms with Crippen LogP contribution in [-0.4, -0.2) is 69.4 Å². The van der Waals surface area contributed by atoms with Crippen molar-refractivity contribution >= 4 is 23.3 Å². The molecule has 2 aromatic rings. The number of aryl methyl sites for hydroxylation is 1. The predicted octanol–water partition coefficient (Wildman–Crippen LogP) is 5.57. The van der Waals surface area contributed by atoms with Gasteiger partial charge in [-0.2, -0.15) is 0 Å². The highest BCUT2D eigenvalue weighted by atomic mass is 35.5. The Morgan fingerprint density at radius 1 is 1.22 bits per heavy atom. The second-order valence-electron chi connectivity index (χ2n) is 12.5. The second-order valence-corrected chi connectivity index (χ2v) is 12.9. The Hall–Kier alpha value is -2.32. The van der Waals surface area contributed by atoms with E-state index in [1.807, 2.05) is 25.1 Å². The van der Waals surface area contributed by atoms with Crippen LogP contribution in [0.25, 0.3) is 0 Å². The van der Waals surface area contributed by atoms with Crippen molar-refractivity contribution in [3.63, 3.8) is 0 Å². The van der Waals surface area contributed by atoms with E-state index in [0.717, 1.165) is 74.5 Å². The SMILES string of the molecule is COC(=O)c1ccc2c(c1)N(C[C@@H]1CC[C@H]1[C@H]1C[C@H](O[C@H](C)CO)CCO1)C[C@@]1(CCCc3cc(Cl)ccc31)CO2. The lowest BCUT2D eigenvalue weighted by atomic mass is 9.67. The molecule has 1 saturated heterocycles. The van der Waals surface area contributed by atoms with Crippen molar-refractivity contribution in [2.45, 2.75) is 75.6 Å². The quantitative estimate of drug-likeness (QED) is 0.427. The zero-order valence-electron chi connectivity index (χ0n) is 24.1. The minimum Gasteiger partial charge on any atom is -0.490 e. The van der Waals surface area contributed by atoms with Crippen molar-refractivity contribution in [2.75, 3.05) is 44.9 Å². The number of anilines is 1. The van der Waals surface area contributed by atoms with Gasteiger partial charge >= 0.3 is 5.97 Å². The lowest BCUT2D eigenvalue weighted by Crippen LogP contribution is -2.51. The average molecular weight is 584 g/mol. The van der Waals surface area contributed by atoms with Gasteiger partial charge in [0, 0.05) is 36.6 Å². The number of ether oxygens (including phenoxy) is 4. The van der Waals surface area contributed by atoms with Crippen LogP contribution >= 0.6 is 11.6 Å². The number of aliphatic hydroxyl groups excluding tert-OH is 1. The number of esters is 1. The van der Waals surface area contributed by atoms with Crippen LogP contribution in [0.3, 0.4) is 0 Å². The molecule has 2 aliphatic carbocycles. The number of aliphatic hydroxyl groups is 1. The first-order chi connectivity index (χ1) is 19.9. The molecule has 0 bridgehead atoms. The molecule has 41 heavy (non-hydrogen) atoms. The number of hydrogen-bond donors (Lipinski definition) is 1. The number of fused-ring (bicyclic) bond motifs is 3. The summed E-state index contributed by atoms with van der Waals surface area (Å²) < 4.78 is 24.0. The molecule has 6 rings (SSSR count). The van der Waals surface area contributed by atoms with E-state index in [4.69, 9.17) is 30.5 Å². The van der Waals surface area contributed by atoms with E-state index in [2.05, 4.69) is 17.0 Å². The maximum Gasteiger partial charge on any atom is 0.337 e. The van der Waals surface area contributed by atoms with Crippen LogP contribution in [0.15, 0.2) is 36.4 Å². The number of halogens is 1. The normalized spacial score (nSPS) is 29.9. The maximum atomic E-state index is 12.5. The summed E-state index contributed by atoms with van der Waals surface area (Å²) in [5.74, 6) is 1.39. The van der Waals surface area contributed by atoms with Gasteiger partial charge in [0.2, 0.25) is 0 Å². The van der Waals surface area contributed by atoms with Gasteiger partial charge in [0.05, 0.1) is 49.9 Å². The van der Waals surface area contributed by atoms with Gasteiger partial charge < -0.3 is 29.0 Å². The molecule has 1 saturated carbocycles. The number of carbonyl (C=O) groups is 1. The van der Waals surface area contributed by atoms with Gasteiger partial charge in [0.15, 0.2) is 0 Å². The Balaban J connectivity index is 1.28. The summed E-state index contributed by atoms with van der Waals surface area (Å²) in [7, 11) is 1.42. The summed E-state index contributed by atoms with van der Waals surface area (Å²) >= 11 is 6.41. The van der Waals surface area contributed by atoms with Crippen LogP contribution in [0.4, 0.5) is 5.69 Å². The molecule has 2 aliphatic heterocycles. The fourth-order valence-electron chi connectivity index (χ4n) is 7.54. The minimum atomic E-state index is -0.343. The molecule has 0 amide bonds. The molecule has 2 heterocycles. The third-order valence-electron chi connectivity index (χ3n) is 9.82. The molecule has 0 radical (unpaired) electrons. The first-order valence-electron chi connectivity index (χ1n) is 15.2. The zero-order chi connectivity index (χ0) is 28.6. The van der Waals surface area contributed by atoms with Gasteiger partial charge in [-0.3, -0.25) is 0 Å². The molecule has 2 fully saturated rings. The number of carbonyl (C=O) groups excluding carboxylic acids is 1. The summed E-state index contributed by atoms with van der Waals surface area (Å²) in [4.78, 5) is 15.0. The third kappa shape index (κ3) is 5.83. The highest BCUT2D eigenvalue weighted by Crippen LogP contribution is 2.47.